The van der Waals surface area contributed by atoms with Crippen LogP contribution in [-0.2, 0) is 0 Å². The van der Waals surface area contributed by atoms with E-state index in [1.807, 2.05) is 13.8 Å². The Bertz CT molecular complexity index is 98.6. The Morgan fingerprint density at radius 3 is 2.00 bits per heavy atom. The van der Waals surface area contributed by atoms with Gasteiger partial charge in [0.25, 0.3) is 0 Å². The van der Waals surface area contributed by atoms with Gasteiger partial charge in [0.15, 0.2) is 0 Å². The van der Waals surface area contributed by atoms with Gasteiger partial charge in [0.05, 0.1) is 4.99 Å². The minimum absolute atomic E-state index is 0.134. The molecule has 0 rings (SSSR count). The summed E-state index contributed by atoms with van der Waals surface area (Å²) in [7, 11) is 0. The Hall–Kier alpha value is 0.240. The van der Waals surface area contributed by atoms with Gasteiger partial charge < -0.3 is 5.73 Å². The second-order valence-corrected chi connectivity index (χ2v) is 3.12. The molecule has 0 aromatic heterocycles. The lowest BCUT2D eigenvalue weighted by molar-refractivity contribution is 0.610. The van der Waals surface area contributed by atoms with Crippen LogP contribution in [0.4, 0.5) is 0 Å². The summed E-state index contributed by atoms with van der Waals surface area (Å²) in [5, 5.41) is 0. The van der Waals surface area contributed by atoms with Crippen molar-refractivity contribution in [1.29, 1.82) is 0 Å². The van der Waals surface area contributed by atoms with Crippen LogP contribution in [0.5, 0.6) is 0 Å². The van der Waals surface area contributed by atoms with E-state index >= 15 is 0 Å². The molecular formula is C5H10NS2. The zero-order valence-electron chi connectivity index (χ0n) is 5.10. The van der Waals surface area contributed by atoms with E-state index in [2.05, 4.69) is 0 Å². The van der Waals surface area contributed by atoms with Gasteiger partial charge in [0.2, 0.25) is 0 Å². The quantitative estimate of drug-likeness (QED) is 0.600. The molecule has 47 valence electrons. The molecule has 0 unspecified atom stereocenters. The number of nitrogens with two attached hydrogens (primary N) is 1. The standard InChI is InChI=1S/C5H10NS2/c1-5(2,3-7)4(6)8/h3H2,1-2H3,(H2,6,8). The molecule has 1 radical (unpaired) electrons. The molecule has 0 fully saturated rings. The van der Waals surface area contributed by atoms with E-state index in [0.29, 0.717) is 10.7 Å². The second kappa shape index (κ2) is 2.69. The van der Waals surface area contributed by atoms with Crippen molar-refractivity contribution in [2.75, 3.05) is 5.75 Å². The Labute approximate surface area is 61.1 Å². The molecule has 2 N–H and O–H groups in total. The zero-order valence-corrected chi connectivity index (χ0v) is 6.73. The first-order chi connectivity index (χ1) is 3.50. The molecule has 0 bridgehead atoms. The third-order valence-corrected chi connectivity index (χ3v) is 2.30. The average molecular weight is 148 g/mol. The Morgan fingerprint density at radius 1 is 1.62 bits per heavy atom. The summed E-state index contributed by atoms with van der Waals surface area (Å²) in [6.07, 6.45) is 0. The van der Waals surface area contributed by atoms with Crippen LogP contribution in [0.15, 0.2) is 0 Å². The first-order valence-electron chi connectivity index (χ1n) is 2.39. The molecule has 0 amide bonds. The molecule has 3 heteroatoms. The smallest absolute Gasteiger partial charge is 0.0793 e. The van der Waals surface area contributed by atoms with Crippen molar-refractivity contribution in [3.63, 3.8) is 0 Å². The third kappa shape index (κ3) is 2.01. The van der Waals surface area contributed by atoms with Crippen molar-refractivity contribution in [3.05, 3.63) is 0 Å². The molecule has 0 aromatic rings. The lowest BCUT2D eigenvalue weighted by atomic mass is 9.97. The van der Waals surface area contributed by atoms with E-state index in [-0.39, 0.29) is 5.41 Å². The van der Waals surface area contributed by atoms with E-state index in [1.54, 1.807) is 0 Å². The zero-order chi connectivity index (χ0) is 6.78. The molecule has 8 heavy (non-hydrogen) atoms. The highest BCUT2D eigenvalue weighted by Crippen LogP contribution is 2.15. The highest BCUT2D eigenvalue weighted by molar-refractivity contribution is 7.81. The summed E-state index contributed by atoms with van der Waals surface area (Å²) in [5.41, 5.74) is 5.21. The van der Waals surface area contributed by atoms with Gasteiger partial charge in [0.1, 0.15) is 0 Å². The molecule has 0 saturated carbocycles. The molecule has 0 aliphatic heterocycles. The first-order valence-corrected chi connectivity index (χ1v) is 3.37. The van der Waals surface area contributed by atoms with Crippen molar-refractivity contribution in [2.24, 2.45) is 11.1 Å². The number of hydrogen-bond acceptors (Lipinski definition) is 1. The van der Waals surface area contributed by atoms with Crippen molar-refractivity contribution in [2.45, 2.75) is 13.8 Å². The summed E-state index contributed by atoms with van der Waals surface area (Å²) in [6.45, 7) is 3.89. The molecule has 0 aliphatic carbocycles. The molecule has 0 heterocycles. The topological polar surface area (TPSA) is 26.0 Å². The normalized spacial score (nSPS) is 11.4. The largest absolute Gasteiger partial charge is 0.393 e. The molecule has 0 spiro atoms. The van der Waals surface area contributed by atoms with Crippen LogP contribution in [0.25, 0.3) is 0 Å². The maximum atomic E-state index is 5.35. The van der Waals surface area contributed by atoms with Crippen LogP contribution in [0.2, 0.25) is 0 Å². The fraction of sp³-hybridized carbons (Fsp3) is 0.800. The maximum absolute atomic E-state index is 5.35. The minimum Gasteiger partial charge on any atom is -0.393 e. The van der Waals surface area contributed by atoms with Crippen LogP contribution in [0.1, 0.15) is 13.8 Å². The van der Waals surface area contributed by atoms with Crippen molar-refractivity contribution in [1.82, 2.24) is 0 Å². The average Bonchev–Trinajstić information content (AvgIpc) is 1.67. The van der Waals surface area contributed by atoms with Gasteiger partial charge in [-0.15, -0.1) is 0 Å². The molecular weight excluding hydrogens is 138 g/mol. The van der Waals surface area contributed by atoms with Crippen molar-refractivity contribution >= 4 is 29.8 Å². The predicted molar refractivity (Wildman–Crippen MR) is 43.0 cm³/mol. The SMILES string of the molecule is CC(C)(C[S])C(N)=S. The van der Waals surface area contributed by atoms with E-state index in [0.717, 1.165) is 0 Å². The van der Waals surface area contributed by atoms with E-state index in [9.17, 15) is 0 Å². The molecule has 0 aromatic carbocycles. The Balaban J connectivity index is 3.91. The van der Waals surface area contributed by atoms with E-state index in [1.165, 1.54) is 0 Å². The van der Waals surface area contributed by atoms with Gasteiger partial charge in [0, 0.05) is 11.2 Å². The van der Waals surface area contributed by atoms with E-state index in [4.69, 9.17) is 30.6 Å². The third-order valence-electron chi connectivity index (χ3n) is 1.03. The van der Waals surface area contributed by atoms with Crippen LogP contribution in [0, 0.1) is 5.41 Å². The fourth-order valence-electron chi connectivity index (χ4n) is 0.0711. The maximum Gasteiger partial charge on any atom is 0.0793 e. The van der Waals surface area contributed by atoms with Crippen molar-refractivity contribution < 1.29 is 0 Å². The van der Waals surface area contributed by atoms with Crippen LogP contribution < -0.4 is 5.73 Å². The van der Waals surface area contributed by atoms with Gasteiger partial charge in [-0.2, -0.15) is 0 Å². The van der Waals surface area contributed by atoms with E-state index < -0.39 is 0 Å². The minimum atomic E-state index is -0.134. The van der Waals surface area contributed by atoms with Crippen LogP contribution >= 0.6 is 24.8 Å². The Kier molecular flexibility index (Phi) is 2.77. The summed E-state index contributed by atoms with van der Waals surface area (Å²) in [6, 6.07) is 0. The molecule has 0 aliphatic rings. The Morgan fingerprint density at radius 2 is 2.00 bits per heavy atom. The van der Waals surface area contributed by atoms with Crippen LogP contribution in [0.3, 0.4) is 0 Å². The lowest BCUT2D eigenvalue weighted by Gasteiger charge is -2.18. The van der Waals surface area contributed by atoms with Gasteiger partial charge in [-0.25, -0.2) is 0 Å². The lowest BCUT2D eigenvalue weighted by Crippen LogP contribution is -2.31. The van der Waals surface area contributed by atoms with Gasteiger partial charge in [-0.05, 0) is 0 Å². The fourth-order valence-corrected chi connectivity index (χ4v) is 0.390. The molecule has 0 atom stereocenters. The van der Waals surface area contributed by atoms with Gasteiger partial charge in [-0.1, -0.05) is 38.7 Å². The number of rotatable bonds is 2. The second-order valence-electron chi connectivity index (χ2n) is 2.39. The highest BCUT2D eigenvalue weighted by atomic mass is 32.1. The summed E-state index contributed by atoms with van der Waals surface area (Å²) < 4.78 is 0. The first kappa shape index (κ1) is 8.24. The molecule has 1 nitrogen and oxygen atoms in total. The number of thiocarbonyl (C=S) groups is 1. The monoisotopic (exact) mass is 148 g/mol. The predicted octanol–water partition coefficient (Wildman–Crippen LogP) is 1.50. The summed E-state index contributed by atoms with van der Waals surface area (Å²) >= 11 is 9.54. The number of hydrogen-bond donors (Lipinski definition) is 1. The van der Waals surface area contributed by atoms with Crippen LogP contribution in [-0.4, -0.2) is 10.7 Å². The summed E-state index contributed by atoms with van der Waals surface area (Å²) in [4.78, 5) is 0.507. The summed E-state index contributed by atoms with van der Waals surface area (Å²) in [5.74, 6) is 0.600. The molecule has 0 saturated heterocycles. The van der Waals surface area contributed by atoms with Crippen molar-refractivity contribution in [3.8, 4) is 0 Å². The van der Waals surface area contributed by atoms with Gasteiger partial charge in [-0.3, -0.25) is 0 Å². The highest BCUT2D eigenvalue weighted by Gasteiger charge is 2.18. The van der Waals surface area contributed by atoms with Gasteiger partial charge >= 0.3 is 0 Å².